The van der Waals surface area contributed by atoms with Gasteiger partial charge in [0.2, 0.25) is 11.7 Å². The van der Waals surface area contributed by atoms with Crippen molar-refractivity contribution in [2.75, 3.05) is 5.32 Å². The van der Waals surface area contributed by atoms with Crippen LogP contribution < -0.4 is 5.32 Å². The third kappa shape index (κ3) is 4.51. The Hall–Kier alpha value is -3.63. The maximum atomic E-state index is 12.8. The van der Waals surface area contributed by atoms with Crippen molar-refractivity contribution in [2.45, 2.75) is 17.3 Å². The molecule has 32 heavy (non-hydrogen) atoms. The van der Waals surface area contributed by atoms with Crippen LogP contribution in [0.15, 0.2) is 76.5 Å². The van der Waals surface area contributed by atoms with Crippen LogP contribution in [-0.2, 0) is 4.79 Å². The molecule has 1 N–H and O–H groups in total. The Morgan fingerprint density at radius 3 is 2.62 bits per heavy atom. The first kappa shape index (κ1) is 21.6. The maximum absolute atomic E-state index is 12.8. The second-order valence-electron chi connectivity index (χ2n) is 6.63. The smallest absolute Gasteiger partial charge is 0.271 e. The third-order valence-electron chi connectivity index (χ3n) is 4.46. The molecular weight excluding hydrogens is 454 g/mol. The summed E-state index contributed by atoms with van der Waals surface area (Å²) in [6, 6.07) is 16.9. The summed E-state index contributed by atoms with van der Waals surface area (Å²) in [6.07, 6.45) is 1.55. The maximum Gasteiger partial charge on any atom is 0.271 e. The molecule has 0 aliphatic heterocycles. The van der Waals surface area contributed by atoms with E-state index >= 15 is 0 Å². The number of furan rings is 1. The lowest BCUT2D eigenvalue weighted by molar-refractivity contribution is -0.384. The number of carbonyl (C=O) groups is 1. The van der Waals surface area contributed by atoms with E-state index in [2.05, 4.69) is 15.5 Å². The number of amides is 1. The van der Waals surface area contributed by atoms with Crippen LogP contribution in [0, 0.1) is 10.1 Å². The molecule has 2 aromatic heterocycles. The number of nitro benzene ring substituents is 1. The van der Waals surface area contributed by atoms with Crippen LogP contribution in [0.4, 0.5) is 11.4 Å². The second-order valence-corrected chi connectivity index (χ2v) is 8.34. The Bertz CT molecular complexity index is 1260. The molecule has 2 heterocycles. The fourth-order valence-corrected chi connectivity index (χ4v) is 3.98. The van der Waals surface area contributed by atoms with Crippen LogP contribution in [0.5, 0.6) is 0 Å². The predicted octanol–water partition coefficient (Wildman–Crippen LogP) is 5.21. The van der Waals surface area contributed by atoms with Gasteiger partial charge < -0.3 is 9.73 Å². The number of benzene rings is 2. The zero-order valence-electron chi connectivity index (χ0n) is 16.6. The largest absolute Gasteiger partial charge is 0.461 e. The van der Waals surface area contributed by atoms with Gasteiger partial charge in [-0.05, 0) is 37.3 Å². The van der Waals surface area contributed by atoms with Crippen LogP contribution in [-0.4, -0.2) is 30.8 Å². The van der Waals surface area contributed by atoms with E-state index in [9.17, 15) is 14.9 Å². The number of nitro groups is 1. The summed E-state index contributed by atoms with van der Waals surface area (Å²) >= 11 is 7.29. The molecule has 1 amide bonds. The number of rotatable bonds is 7. The van der Waals surface area contributed by atoms with Crippen molar-refractivity contribution in [3.63, 3.8) is 0 Å². The minimum atomic E-state index is -0.572. The number of aromatic nitrogens is 3. The standard InChI is InChI=1S/C21H16ClN5O4S/c1-13(20(28)23-17-10-9-15(27(29)30)12-16(17)22)32-21-25-24-19(18-8-5-11-31-18)26(21)14-6-3-2-4-7-14/h2-13H,1H3,(H,23,28). The number of hydrogen-bond donors (Lipinski definition) is 1. The Kier molecular flexibility index (Phi) is 6.24. The van der Waals surface area contributed by atoms with Gasteiger partial charge >= 0.3 is 0 Å². The minimum Gasteiger partial charge on any atom is -0.461 e. The molecule has 0 fully saturated rings. The molecule has 1 unspecified atom stereocenters. The van der Waals surface area contributed by atoms with Crippen LogP contribution in [0.3, 0.4) is 0 Å². The Labute approximate surface area is 191 Å². The highest BCUT2D eigenvalue weighted by molar-refractivity contribution is 8.00. The SMILES string of the molecule is CC(Sc1nnc(-c2ccco2)n1-c1ccccc1)C(=O)Nc1ccc([N+](=O)[O-])cc1Cl. The lowest BCUT2D eigenvalue weighted by atomic mass is 10.2. The van der Waals surface area contributed by atoms with Crippen LogP contribution >= 0.6 is 23.4 Å². The molecule has 0 aliphatic carbocycles. The van der Waals surface area contributed by atoms with E-state index in [0.717, 1.165) is 5.69 Å². The number of nitrogens with zero attached hydrogens (tertiary/aromatic N) is 4. The highest BCUT2D eigenvalue weighted by Crippen LogP contribution is 2.32. The molecule has 0 saturated heterocycles. The minimum absolute atomic E-state index is 0.0808. The summed E-state index contributed by atoms with van der Waals surface area (Å²) in [5.74, 6) is 0.714. The fourth-order valence-electron chi connectivity index (χ4n) is 2.89. The first-order valence-corrected chi connectivity index (χ1v) is 10.7. The molecule has 4 rings (SSSR count). The van der Waals surface area contributed by atoms with Crippen molar-refractivity contribution >= 4 is 40.6 Å². The van der Waals surface area contributed by atoms with Gasteiger partial charge in [-0.1, -0.05) is 41.6 Å². The fraction of sp³-hybridized carbons (Fsp3) is 0.0952. The Morgan fingerprint density at radius 2 is 1.97 bits per heavy atom. The van der Waals surface area contributed by atoms with Crippen molar-refractivity contribution in [3.8, 4) is 17.3 Å². The quantitative estimate of drug-likeness (QED) is 0.224. The first-order chi connectivity index (χ1) is 15.4. The average molecular weight is 470 g/mol. The number of hydrogen-bond acceptors (Lipinski definition) is 7. The summed E-state index contributed by atoms with van der Waals surface area (Å²) in [5, 5.41) is 22.1. The van der Waals surface area contributed by atoms with Crippen molar-refractivity contribution in [1.82, 2.24) is 14.8 Å². The first-order valence-electron chi connectivity index (χ1n) is 9.40. The topological polar surface area (TPSA) is 116 Å². The summed E-state index contributed by atoms with van der Waals surface area (Å²) in [6.45, 7) is 1.72. The van der Waals surface area contributed by atoms with E-state index in [0.29, 0.717) is 16.7 Å². The van der Waals surface area contributed by atoms with Gasteiger partial charge in [0.1, 0.15) is 0 Å². The number of thioether (sulfide) groups is 1. The van der Waals surface area contributed by atoms with E-state index in [-0.39, 0.29) is 22.3 Å². The van der Waals surface area contributed by atoms with Gasteiger partial charge in [-0.2, -0.15) is 0 Å². The van der Waals surface area contributed by atoms with E-state index in [1.54, 1.807) is 25.3 Å². The number of nitrogens with one attached hydrogen (secondary N) is 1. The van der Waals surface area contributed by atoms with Gasteiger partial charge in [-0.3, -0.25) is 19.5 Å². The molecular formula is C21H16ClN5O4S. The van der Waals surface area contributed by atoms with Gasteiger partial charge in [-0.25, -0.2) is 0 Å². The molecule has 0 saturated carbocycles. The van der Waals surface area contributed by atoms with E-state index in [4.69, 9.17) is 16.0 Å². The summed E-state index contributed by atoms with van der Waals surface area (Å²) in [5.41, 5.74) is 0.949. The molecule has 9 nitrogen and oxygen atoms in total. The number of para-hydroxylation sites is 1. The van der Waals surface area contributed by atoms with Crippen LogP contribution in [0.1, 0.15) is 6.92 Å². The molecule has 0 aliphatic rings. The van der Waals surface area contributed by atoms with E-state index in [1.807, 2.05) is 34.9 Å². The van der Waals surface area contributed by atoms with Gasteiger partial charge in [-0.15, -0.1) is 10.2 Å². The third-order valence-corrected chi connectivity index (χ3v) is 5.82. The van der Waals surface area contributed by atoms with Gasteiger partial charge in [0.25, 0.3) is 5.69 Å². The molecule has 4 aromatic rings. The lowest BCUT2D eigenvalue weighted by Crippen LogP contribution is -2.23. The number of anilines is 1. The van der Waals surface area contributed by atoms with Crippen molar-refractivity contribution in [1.29, 1.82) is 0 Å². The number of halogens is 1. The second kappa shape index (κ2) is 9.25. The molecule has 0 bridgehead atoms. The van der Waals surface area contributed by atoms with Crippen LogP contribution in [0.25, 0.3) is 17.3 Å². The Balaban J connectivity index is 1.58. The van der Waals surface area contributed by atoms with Gasteiger partial charge in [0, 0.05) is 17.8 Å². The summed E-state index contributed by atoms with van der Waals surface area (Å²) in [7, 11) is 0. The highest BCUT2D eigenvalue weighted by atomic mass is 35.5. The Morgan fingerprint density at radius 1 is 1.19 bits per heavy atom. The van der Waals surface area contributed by atoms with Crippen molar-refractivity contribution < 1.29 is 14.1 Å². The van der Waals surface area contributed by atoms with E-state index in [1.165, 1.54) is 30.0 Å². The normalized spacial score (nSPS) is 11.8. The molecule has 162 valence electrons. The van der Waals surface area contributed by atoms with E-state index < -0.39 is 10.2 Å². The molecule has 0 spiro atoms. The van der Waals surface area contributed by atoms with Gasteiger partial charge in [0.15, 0.2) is 10.9 Å². The summed E-state index contributed by atoms with van der Waals surface area (Å²) in [4.78, 5) is 23.1. The average Bonchev–Trinajstić information content (AvgIpc) is 3.45. The van der Waals surface area contributed by atoms with Crippen LogP contribution in [0.2, 0.25) is 5.02 Å². The number of carbonyl (C=O) groups excluding carboxylic acids is 1. The monoisotopic (exact) mass is 469 g/mol. The number of non-ortho nitro benzene ring substituents is 1. The lowest BCUT2D eigenvalue weighted by Gasteiger charge is -2.14. The predicted molar refractivity (Wildman–Crippen MR) is 121 cm³/mol. The zero-order valence-corrected chi connectivity index (χ0v) is 18.2. The molecule has 0 radical (unpaired) electrons. The molecule has 1 atom stereocenters. The van der Waals surface area contributed by atoms with Crippen molar-refractivity contribution in [2.24, 2.45) is 0 Å². The molecule has 2 aromatic carbocycles. The van der Waals surface area contributed by atoms with Crippen molar-refractivity contribution in [3.05, 3.63) is 82.1 Å². The molecule has 11 heteroatoms. The summed E-state index contributed by atoms with van der Waals surface area (Å²) < 4.78 is 7.30. The highest BCUT2D eigenvalue weighted by Gasteiger charge is 2.23. The van der Waals surface area contributed by atoms with Gasteiger partial charge in [0.05, 0.1) is 27.1 Å². The zero-order chi connectivity index (χ0) is 22.7.